The molecule has 1 heterocycles. The highest BCUT2D eigenvalue weighted by atomic mass is 35.5. The maximum atomic E-state index is 11.6. The first-order chi connectivity index (χ1) is 10.6. The Morgan fingerprint density at radius 3 is 2.68 bits per heavy atom. The van der Waals surface area contributed by atoms with Gasteiger partial charge in [0.05, 0.1) is 27.6 Å². The summed E-state index contributed by atoms with van der Waals surface area (Å²) in [6.45, 7) is 0. The fourth-order valence-corrected chi connectivity index (χ4v) is 2.21. The molecule has 0 radical (unpaired) electrons. The number of hydrogen-bond acceptors (Lipinski definition) is 3. The molecular weight excluding hydrogens is 323 g/mol. The highest BCUT2D eigenvalue weighted by molar-refractivity contribution is 6.43. The molecule has 0 aliphatic heterocycles. The van der Waals surface area contributed by atoms with Crippen molar-refractivity contribution in [2.45, 2.75) is 18.9 Å². The zero-order valence-electron chi connectivity index (χ0n) is 11.6. The number of amides is 2. The number of nitrogens with one attached hydrogen (secondary N) is 3. The van der Waals surface area contributed by atoms with Gasteiger partial charge in [0.1, 0.15) is 5.82 Å². The van der Waals surface area contributed by atoms with E-state index in [1.54, 1.807) is 24.4 Å². The monoisotopic (exact) mass is 336 g/mol. The number of hydrogen-bond donors (Lipinski definition) is 3. The summed E-state index contributed by atoms with van der Waals surface area (Å²) in [6.07, 6.45) is 3.71. The van der Waals surface area contributed by atoms with E-state index < -0.39 is 0 Å². The zero-order valence-corrected chi connectivity index (χ0v) is 13.1. The lowest BCUT2D eigenvalue weighted by atomic mass is 10.3. The maximum absolute atomic E-state index is 11.6. The van der Waals surface area contributed by atoms with E-state index in [0.717, 1.165) is 18.5 Å². The van der Waals surface area contributed by atoms with Crippen molar-refractivity contribution in [1.82, 2.24) is 10.3 Å². The van der Waals surface area contributed by atoms with Gasteiger partial charge >= 0.3 is 6.03 Å². The van der Waals surface area contributed by atoms with Gasteiger partial charge in [-0.3, -0.25) is 5.32 Å². The second-order valence-electron chi connectivity index (χ2n) is 5.03. The molecule has 0 bridgehead atoms. The van der Waals surface area contributed by atoms with Gasteiger partial charge in [-0.15, -0.1) is 0 Å². The molecule has 1 aliphatic rings. The first-order valence-corrected chi connectivity index (χ1v) is 7.62. The molecule has 3 N–H and O–H groups in total. The second-order valence-corrected chi connectivity index (χ2v) is 5.82. The number of benzene rings is 1. The maximum Gasteiger partial charge on any atom is 0.320 e. The molecule has 7 heteroatoms. The minimum atomic E-state index is -0.228. The van der Waals surface area contributed by atoms with Crippen LogP contribution in [0.25, 0.3) is 0 Å². The third-order valence-corrected chi connectivity index (χ3v) is 3.97. The molecule has 2 amide bonds. The number of nitrogens with zero attached hydrogens (tertiary/aromatic N) is 1. The van der Waals surface area contributed by atoms with Crippen molar-refractivity contribution in [2.24, 2.45) is 0 Å². The Bertz CT molecular complexity index is 686. The summed E-state index contributed by atoms with van der Waals surface area (Å²) in [6, 6.07) is 8.95. The third kappa shape index (κ3) is 3.81. The lowest BCUT2D eigenvalue weighted by Crippen LogP contribution is -2.30. The number of anilines is 3. The van der Waals surface area contributed by atoms with Gasteiger partial charge in [0.2, 0.25) is 0 Å². The summed E-state index contributed by atoms with van der Waals surface area (Å²) in [5.74, 6) is 0.487. The number of carbonyl (C=O) groups excluding carboxylic acids is 1. The molecule has 0 saturated heterocycles. The molecule has 5 nitrogen and oxygen atoms in total. The first-order valence-electron chi connectivity index (χ1n) is 6.86. The Labute approximate surface area is 138 Å². The van der Waals surface area contributed by atoms with Crippen LogP contribution in [0.2, 0.25) is 10.0 Å². The Hall–Kier alpha value is -1.98. The molecule has 2 aromatic rings. The Balaban J connectivity index is 1.63. The lowest BCUT2D eigenvalue weighted by Gasteiger charge is -2.10. The number of urea groups is 1. The van der Waals surface area contributed by atoms with E-state index in [4.69, 9.17) is 23.2 Å². The number of carbonyl (C=O) groups is 1. The van der Waals surface area contributed by atoms with Crippen LogP contribution in [0.1, 0.15) is 12.8 Å². The van der Waals surface area contributed by atoms with E-state index in [2.05, 4.69) is 20.9 Å². The Kier molecular flexibility index (Phi) is 4.36. The van der Waals surface area contributed by atoms with Crippen molar-refractivity contribution in [2.75, 3.05) is 10.6 Å². The zero-order chi connectivity index (χ0) is 15.5. The van der Waals surface area contributed by atoms with E-state index in [-0.39, 0.29) is 6.03 Å². The van der Waals surface area contributed by atoms with Crippen LogP contribution < -0.4 is 16.0 Å². The van der Waals surface area contributed by atoms with Gasteiger partial charge in [0.25, 0.3) is 0 Å². The molecule has 1 aromatic carbocycles. The van der Waals surface area contributed by atoms with Crippen LogP contribution in [-0.4, -0.2) is 17.1 Å². The summed E-state index contributed by atoms with van der Waals surface area (Å²) in [7, 11) is 0. The lowest BCUT2D eigenvalue weighted by molar-refractivity contribution is 0.251. The van der Waals surface area contributed by atoms with Gasteiger partial charge in [-0.2, -0.15) is 0 Å². The van der Waals surface area contributed by atoms with Gasteiger partial charge in [-0.05, 0) is 37.1 Å². The van der Waals surface area contributed by atoms with Crippen molar-refractivity contribution in [3.8, 4) is 0 Å². The van der Waals surface area contributed by atoms with Gasteiger partial charge in [-0.1, -0.05) is 29.3 Å². The minimum absolute atomic E-state index is 0.228. The fraction of sp³-hybridized carbons (Fsp3) is 0.200. The molecule has 1 aromatic heterocycles. The standard InChI is InChI=1S/C15H14Cl2N4O/c16-11-2-1-3-12(14(11)17)19-10-6-7-13(18-8-10)21-15(22)20-9-4-5-9/h1-3,6-9,19H,4-5H2,(H2,18,20,21,22). The Morgan fingerprint density at radius 2 is 2.00 bits per heavy atom. The highest BCUT2D eigenvalue weighted by Gasteiger charge is 2.23. The molecule has 3 rings (SSSR count). The average Bonchev–Trinajstić information content (AvgIpc) is 3.30. The summed E-state index contributed by atoms with van der Waals surface area (Å²) >= 11 is 12.1. The van der Waals surface area contributed by atoms with Crippen LogP contribution in [0.15, 0.2) is 36.5 Å². The van der Waals surface area contributed by atoms with E-state index in [1.165, 1.54) is 0 Å². The van der Waals surface area contributed by atoms with E-state index in [0.29, 0.717) is 27.6 Å². The van der Waals surface area contributed by atoms with Gasteiger partial charge < -0.3 is 10.6 Å². The van der Waals surface area contributed by atoms with Gasteiger partial charge in [0.15, 0.2) is 0 Å². The number of aromatic nitrogens is 1. The smallest absolute Gasteiger partial charge is 0.320 e. The molecular formula is C15H14Cl2N4O. The third-order valence-electron chi connectivity index (χ3n) is 3.15. The van der Waals surface area contributed by atoms with E-state index in [1.807, 2.05) is 12.1 Å². The van der Waals surface area contributed by atoms with Crippen LogP contribution >= 0.6 is 23.2 Å². The molecule has 0 spiro atoms. The molecule has 1 aliphatic carbocycles. The number of halogens is 2. The Morgan fingerprint density at radius 1 is 1.18 bits per heavy atom. The van der Waals surface area contributed by atoms with Crippen molar-refractivity contribution in [3.63, 3.8) is 0 Å². The van der Waals surface area contributed by atoms with Crippen LogP contribution in [0.4, 0.5) is 22.0 Å². The second kappa shape index (κ2) is 6.42. The number of pyridine rings is 1. The molecule has 0 atom stereocenters. The molecule has 1 saturated carbocycles. The summed E-state index contributed by atoms with van der Waals surface area (Å²) in [4.78, 5) is 15.8. The SMILES string of the molecule is O=C(Nc1ccc(Nc2cccc(Cl)c2Cl)cn1)NC1CC1. The predicted molar refractivity (Wildman–Crippen MR) is 89.2 cm³/mol. The first kappa shape index (κ1) is 14.9. The van der Waals surface area contributed by atoms with E-state index >= 15 is 0 Å². The summed E-state index contributed by atoms with van der Waals surface area (Å²) < 4.78 is 0. The minimum Gasteiger partial charge on any atom is -0.353 e. The molecule has 114 valence electrons. The van der Waals surface area contributed by atoms with Crippen LogP contribution in [0.3, 0.4) is 0 Å². The normalized spacial score (nSPS) is 13.5. The highest BCUT2D eigenvalue weighted by Crippen LogP contribution is 2.31. The van der Waals surface area contributed by atoms with Crippen molar-refractivity contribution < 1.29 is 4.79 Å². The molecule has 22 heavy (non-hydrogen) atoms. The topological polar surface area (TPSA) is 66.0 Å². The van der Waals surface area contributed by atoms with Crippen molar-refractivity contribution in [1.29, 1.82) is 0 Å². The number of rotatable bonds is 4. The van der Waals surface area contributed by atoms with Gasteiger partial charge in [0, 0.05) is 6.04 Å². The van der Waals surface area contributed by atoms with Crippen molar-refractivity contribution in [3.05, 3.63) is 46.6 Å². The quantitative estimate of drug-likeness (QED) is 0.774. The van der Waals surface area contributed by atoms with Crippen LogP contribution in [-0.2, 0) is 0 Å². The predicted octanol–water partition coefficient (Wildman–Crippen LogP) is 4.42. The van der Waals surface area contributed by atoms with Crippen molar-refractivity contribution >= 4 is 46.4 Å². The summed E-state index contributed by atoms with van der Waals surface area (Å²) in [5, 5.41) is 9.59. The van der Waals surface area contributed by atoms with Crippen LogP contribution in [0, 0.1) is 0 Å². The largest absolute Gasteiger partial charge is 0.353 e. The summed E-state index contributed by atoms with van der Waals surface area (Å²) in [5.41, 5.74) is 1.44. The van der Waals surface area contributed by atoms with E-state index in [9.17, 15) is 4.79 Å². The fourth-order valence-electron chi connectivity index (χ4n) is 1.86. The molecule has 1 fully saturated rings. The van der Waals surface area contributed by atoms with Gasteiger partial charge in [-0.25, -0.2) is 9.78 Å². The van der Waals surface area contributed by atoms with Crippen LogP contribution in [0.5, 0.6) is 0 Å². The average molecular weight is 337 g/mol. The molecule has 0 unspecified atom stereocenters.